The van der Waals surface area contributed by atoms with Gasteiger partial charge in [0.25, 0.3) is 15.9 Å². The molecule has 12 heteroatoms. The van der Waals surface area contributed by atoms with E-state index in [1.165, 1.54) is 3.97 Å². The summed E-state index contributed by atoms with van der Waals surface area (Å²) in [7, 11) is -3.85. The molecule has 2 atom stereocenters. The third-order valence-corrected chi connectivity index (χ3v) is 10.9. The van der Waals surface area contributed by atoms with Gasteiger partial charge in [-0.3, -0.25) is 10.1 Å². The second-order valence-corrected chi connectivity index (χ2v) is 16.1. The number of anilines is 2. The molecule has 2 heterocycles. The van der Waals surface area contributed by atoms with Gasteiger partial charge in [-0.25, -0.2) is 27.2 Å². The molecule has 2 saturated carbocycles. The van der Waals surface area contributed by atoms with Crippen LogP contribution in [-0.2, 0) is 14.8 Å². The number of aromatic nitrogens is 3. The summed E-state index contributed by atoms with van der Waals surface area (Å²) in [5, 5.41) is 10.2. The highest BCUT2D eigenvalue weighted by Crippen LogP contribution is 2.45. The Morgan fingerprint density at radius 3 is 2.31 bits per heavy atom. The molecule has 0 aliphatic heterocycles. The second-order valence-electron chi connectivity index (χ2n) is 14.3. The van der Waals surface area contributed by atoms with E-state index in [-0.39, 0.29) is 22.9 Å². The molecule has 264 valence electrons. The first kappa shape index (κ1) is 34.2. The summed E-state index contributed by atoms with van der Waals surface area (Å²) in [5.74, 6) is 0.624. The van der Waals surface area contributed by atoms with E-state index in [1.807, 2.05) is 30.5 Å². The number of carbonyl (C=O) groups excluding carboxylic acids is 2. The van der Waals surface area contributed by atoms with E-state index in [9.17, 15) is 18.0 Å². The Morgan fingerprint density at radius 2 is 1.59 bits per heavy atom. The van der Waals surface area contributed by atoms with Gasteiger partial charge in [-0.1, -0.05) is 36.4 Å². The first-order valence-electron chi connectivity index (χ1n) is 17.4. The maximum Gasteiger partial charge on any atom is 0.412 e. The molecule has 3 aromatic carbocycles. The van der Waals surface area contributed by atoms with Gasteiger partial charge >= 0.3 is 6.09 Å². The van der Waals surface area contributed by atoms with Crippen LogP contribution in [0.5, 0.6) is 0 Å². The number of hydrogen-bond acceptors (Lipinski definition) is 8. The fourth-order valence-corrected chi connectivity index (χ4v) is 8.03. The van der Waals surface area contributed by atoms with E-state index in [4.69, 9.17) is 14.7 Å². The molecule has 2 aromatic heterocycles. The van der Waals surface area contributed by atoms with Crippen molar-refractivity contribution in [2.24, 2.45) is 0 Å². The summed E-state index contributed by atoms with van der Waals surface area (Å²) in [5.41, 5.74) is 3.51. The van der Waals surface area contributed by atoms with Crippen molar-refractivity contribution in [1.29, 1.82) is 0 Å². The molecule has 2 aliphatic rings. The highest BCUT2D eigenvalue weighted by Gasteiger charge is 2.31. The Balaban J connectivity index is 1.07. The molecule has 0 spiro atoms. The average Bonchev–Trinajstić information content (AvgIpc) is 3.87. The Labute approximate surface area is 297 Å². The Morgan fingerprint density at radius 1 is 0.882 bits per heavy atom. The number of fused-ring (bicyclic) bond motifs is 1. The first-order valence-corrected chi connectivity index (χ1v) is 18.8. The quantitative estimate of drug-likeness (QED) is 0.141. The molecule has 2 amide bonds. The number of benzene rings is 3. The fourth-order valence-electron chi connectivity index (χ4n) is 6.64. The number of para-hydroxylation sites is 1. The Bertz CT molecular complexity index is 2170. The first-order chi connectivity index (χ1) is 24.4. The number of carbonyl (C=O) groups is 2. The van der Waals surface area contributed by atoms with Crippen molar-refractivity contribution in [3.05, 3.63) is 102 Å². The SMILES string of the molecule is CC(C)(C)OC(=O)Nc1ccc(C(=O)NC2CCCC(Nc3ncc(C4CC4)c(-c4cn(S(=O)(=O)c5ccccc5)c5ccccc45)n3)C2)cc1. The van der Waals surface area contributed by atoms with E-state index < -0.39 is 21.7 Å². The largest absolute Gasteiger partial charge is 0.444 e. The monoisotopic (exact) mass is 706 g/mol. The van der Waals surface area contributed by atoms with Crippen LogP contribution in [0.1, 0.15) is 81.1 Å². The lowest BCUT2D eigenvalue weighted by atomic mass is 9.91. The summed E-state index contributed by atoms with van der Waals surface area (Å²) in [4.78, 5) is 35.2. The summed E-state index contributed by atoms with van der Waals surface area (Å²) in [6.07, 6.45) is 8.46. The van der Waals surface area contributed by atoms with Crippen LogP contribution >= 0.6 is 0 Å². The van der Waals surface area contributed by atoms with E-state index >= 15 is 0 Å². The van der Waals surface area contributed by atoms with Gasteiger partial charge in [0, 0.05) is 52.2 Å². The van der Waals surface area contributed by atoms with Crippen molar-refractivity contribution >= 4 is 44.6 Å². The average molecular weight is 707 g/mol. The smallest absolute Gasteiger partial charge is 0.412 e. The van der Waals surface area contributed by atoms with Gasteiger partial charge in [-0.15, -0.1) is 0 Å². The molecular formula is C39H42N6O5S. The van der Waals surface area contributed by atoms with E-state index in [0.29, 0.717) is 35.1 Å². The lowest BCUT2D eigenvalue weighted by Gasteiger charge is -2.30. The van der Waals surface area contributed by atoms with Crippen molar-refractivity contribution in [3.63, 3.8) is 0 Å². The van der Waals surface area contributed by atoms with Crippen molar-refractivity contribution in [3.8, 4) is 11.3 Å². The highest BCUT2D eigenvalue weighted by atomic mass is 32.2. The molecular weight excluding hydrogens is 665 g/mol. The molecule has 51 heavy (non-hydrogen) atoms. The molecule has 5 aromatic rings. The number of ether oxygens (including phenoxy) is 1. The summed E-state index contributed by atoms with van der Waals surface area (Å²) in [6, 6.07) is 22.7. The molecule has 0 bridgehead atoms. The molecule has 11 nitrogen and oxygen atoms in total. The molecule has 0 saturated heterocycles. The van der Waals surface area contributed by atoms with Gasteiger partial charge in [-0.05, 0) is 108 Å². The van der Waals surface area contributed by atoms with Crippen LogP contribution in [0.25, 0.3) is 22.2 Å². The Kier molecular flexibility index (Phi) is 9.28. The summed E-state index contributed by atoms with van der Waals surface area (Å²) >= 11 is 0. The van der Waals surface area contributed by atoms with E-state index in [1.54, 1.807) is 81.6 Å². The van der Waals surface area contributed by atoms with Crippen LogP contribution in [0, 0.1) is 0 Å². The number of amides is 2. The molecule has 2 unspecified atom stereocenters. The molecule has 7 rings (SSSR count). The van der Waals surface area contributed by atoms with Crippen molar-refractivity contribution < 1.29 is 22.7 Å². The van der Waals surface area contributed by atoms with Crippen LogP contribution in [0.2, 0.25) is 0 Å². The normalized spacial score (nSPS) is 17.9. The molecule has 3 N–H and O–H groups in total. The summed E-state index contributed by atoms with van der Waals surface area (Å²) in [6.45, 7) is 5.39. The van der Waals surface area contributed by atoms with Crippen LogP contribution < -0.4 is 16.0 Å². The Hall–Kier alpha value is -5.23. The van der Waals surface area contributed by atoms with Crippen molar-refractivity contribution in [2.45, 2.75) is 87.8 Å². The minimum Gasteiger partial charge on any atom is -0.444 e. The molecule has 0 radical (unpaired) electrons. The van der Waals surface area contributed by atoms with E-state index in [2.05, 4.69) is 16.0 Å². The van der Waals surface area contributed by atoms with Gasteiger partial charge in [0.05, 0.1) is 16.1 Å². The number of nitrogens with one attached hydrogen (secondary N) is 3. The zero-order chi connectivity index (χ0) is 35.8. The highest BCUT2D eigenvalue weighted by molar-refractivity contribution is 7.90. The zero-order valence-electron chi connectivity index (χ0n) is 28.9. The minimum atomic E-state index is -3.85. The lowest BCUT2D eigenvalue weighted by molar-refractivity contribution is 0.0635. The van der Waals surface area contributed by atoms with Crippen LogP contribution in [-0.4, -0.2) is 52.0 Å². The minimum absolute atomic E-state index is 0.0314. The topological polar surface area (TPSA) is 144 Å². The third kappa shape index (κ3) is 7.75. The standard InChI is InChI=1S/C39H42N6O5S/c1-39(2,3)50-38(47)43-27-20-18-26(19-21-27)36(46)41-28-10-9-11-29(22-28)42-37-40-23-32(25-16-17-25)35(44-37)33-24-45(34-15-8-7-14-31(33)34)51(48,49)30-12-5-4-6-13-30/h4-8,12-15,18-21,23-25,28-29H,9-11,16-17,22H2,1-3H3,(H,41,46)(H,43,47)(H,40,42,44). The third-order valence-electron chi connectivity index (χ3n) is 9.20. The van der Waals surface area contributed by atoms with Gasteiger partial charge in [0.2, 0.25) is 5.95 Å². The fraction of sp³-hybridized carbons (Fsp3) is 0.333. The predicted molar refractivity (Wildman–Crippen MR) is 197 cm³/mol. The number of rotatable bonds is 9. The predicted octanol–water partition coefficient (Wildman–Crippen LogP) is 7.71. The van der Waals surface area contributed by atoms with Crippen LogP contribution in [0.4, 0.5) is 16.4 Å². The van der Waals surface area contributed by atoms with Crippen LogP contribution in [0.3, 0.4) is 0 Å². The van der Waals surface area contributed by atoms with Gasteiger partial charge in [0.15, 0.2) is 0 Å². The number of hydrogen-bond donors (Lipinski definition) is 3. The molecule has 2 aliphatic carbocycles. The van der Waals surface area contributed by atoms with Gasteiger partial charge in [0.1, 0.15) is 5.60 Å². The maximum absolute atomic E-state index is 13.8. The van der Waals surface area contributed by atoms with Crippen molar-refractivity contribution in [2.75, 3.05) is 10.6 Å². The number of nitrogens with zero attached hydrogens (tertiary/aromatic N) is 3. The van der Waals surface area contributed by atoms with Crippen molar-refractivity contribution in [1.82, 2.24) is 19.3 Å². The van der Waals surface area contributed by atoms with Crippen LogP contribution in [0.15, 0.2) is 96.2 Å². The van der Waals surface area contributed by atoms with Gasteiger partial charge < -0.3 is 15.4 Å². The summed E-state index contributed by atoms with van der Waals surface area (Å²) < 4.78 is 34.3. The zero-order valence-corrected chi connectivity index (χ0v) is 29.7. The lowest BCUT2D eigenvalue weighted by Crippen LogP contribution is -2.42. The van der Waals surface area contributed by atoms with E-state index in [0.717, 1.165) is 54.3 Å². The maximum atomic E-state index is 13.8. The second kappa shape index (κ2) is 13.8. The van der Waals surface area contributed by atoms with Gasteiger partial charge in [-0.2, -0.15) is 0 Å². The molecule has 2 fully saturated rings.